The first-order chi connectivity index (χ1) is 10.5. The summed E-state index contributed by atoms with van der Waals surface area (Å²) in [5.41, 5.74) is 4.48. The van der Waals surface area contributed by atoms with Gasteiger partial charge in [-0.1, -0.05) is 6.92 Å². The first-order valence-corrected chi connectivity index (χ1v) is 7.74. The molecule has 0 saturated heterocycles. The van der Waals surface area contributed by atoms with Crippen molar-refractivity contribution in [1.82, 2.24) is 14.5 Å². The lowest BCUT2D eigenvalue weighted by Gasteiger charge is -2.22. The Labute approximate surface area is 131 Å². The average molecular weight is 300 g/mol. The summed E-state index contributed by atoms with van der Waals surface area (Å²) in [7, 11) is 0. The van der Waals surface area contributed by atoms with E-state index in [1.165, 1.54) is 11.1 Å². The van der Waals surface area contributed by atoms with Gasteiger partial charge in [-0.25, -0.2) is 4.98 Å². The molecule has 1 N–H and O–H groups in total. The van der Waals surface area contributed by atoms with Gasteiger partial charge in [0.05, 0.1) is 36.1 Å². The lowest BCUT2D eigenvalue weighted by atomic mass is 10.1. The largest absolute Gasteiger partial charge is 0.390 e. The summed E-state index contributed by atoms with van der Waals surface area (Å²) in [6.07, 6.45) is 1.81. The van der Waals surface area contributed by atoms with Gasteiger partial charge in [-0.2, -0.15) is 5.26 Å². The van der Waals surface area contributed by atoms with Crippen LogP contribution in [0.4, 0.5) is 0 Å². The zero-order chi connectivity index (χ0) is 16.1. The van der Waals surface area contributed by atoms with Crippen LogP contribution in [0.5, 0.6) is 0 Å². The number of aliphatic hydroxyl groups is 1. The Morgan fingerprint density at radius 2 is 2.09 bits per heavy atom. The molecule has 1 heterocycles. The van der Waals surface area contributed by atoms with Crippen LogP contribution in [0, 0.1) is 25.2 Å². The molecule has 0 amide bonds. The third-order valence-electron chi connectivity index (χ3n) is 4.10. The summed E-state index contributed by atoms with van der Waals surface area (Å²) in [6.45, 7) is 8.84. The molecule has 2 aromatic rings. The number of hydrogen-bond acceptors (Lipinski definition) is 4. The van der Waals surface area contributed by atoms with E-state index in [2.05, 4.69) is 41.9 Å². The van der Waals surface area contributed by atoms with Crippen molar-refractivity contribution < 1.29 is 5.11 Å². The highest BCUT2D eigenvalue weighted by Gasteiger charge is 2.13. The Balaban J connectivity index is 2.07. The van der Waals surface area contributed by atoms with Crippen LogP contribution in [0.2, 0.25) is 0 Å². The normalized spacial score (nSPS) is 12.7. The summed E-state index contributed by atoms with van der Waals surface area (Å²) in [5.74, 6) is 0. The average Bonchev–Trinajstić information content (AvgIpc) is 2.86. The number of aromatic nitrogens is 2. The van der Waals surface area contributed by atoms with E-state index in [1.54, 1.807) is 6.33 Å². The van der Waals surface area contributed by atoms with Gasteiger partial charge in [0, 0.05) is 19.5 Å². The van der Waals surface area contributed by atoms with Gasteiger partial charge >= 0.3 is 0 Å². The molecular weight excluding hydrogens is 276 g/mol. The molecule has 1 aromatic heterocycles. The van der Waals surface area contributed by atoms with Gasteiger partial charge in [0.25, 0.3) is 0 Å². The Hall–Kier alpha value is -1.90. The zero-order valence-corrected chi connectivity index (χ0v) is 13.6. The maximum Gasteiger partial charge on any atom is 0.0959 e. The highest BCUT2D eigenvalue weighted by molar-refractivity contribution is 5.77. The van der Waals surface area contributed by atoms with E-state index in [-0.39, 0.29) is 0 Å². The third kappa shape index (κ3) is 3.85. The Bertz CT molecular complexity index is 671. The minimum atomic E-state index is -0.474. The molecule has 0 bridgehead atoms. The number of benzene rings is 1. The number of imidazole rings is 1. The topological polar surface area (TPSA) is 65.1 Å². The molecule has 0 saturated carbocycles. The minimum Gasteiger partial charge on any atom is -0.390 e. The van der Waals surface area contributed by atoms with Crippen molar-refractivity contribution >= 4 is 11.0 Å². The van der Waals surface area contributed by atoms with Gasteiger partial charge in [-0.05, 0) is 43.7 Å². The molecule has 5 nitrogen and oxygen atoms in total. The quantitative estimate of drug-likeness (QED) is 0.852. The Morgan fingerprint density at radius 3 is 2.77 bits per heavy atom. The van der Waals surface area contributed by atoms with E-state index >= 15 is 0 Å². The Kier molecular flexibility index (Phi) is 5.53. The molecule has 0 aliphatic rings. The van der Waals surface area contributed by atoms with Crippen molar-refractivity contribution in [2.45, 2.75) is 39.8 Å². The molecule has 0 spiro atoms. The number of fused-ring (bicyclic) bond motifs is 1. The van der Waals surface area contributed by atoms with Gasteiger partial charge < -0.3 is 9.67 Å². The molecule has 0 fully saturated rings. The second-order valence-corrected chi connectivity index (χ2v) is 5.78. The van der Waals surface area contributed by atoms with Crippen LogP contribution in [-0.2, 0) is 6.54 Å². The van der Waals surface area contributed by atoms with Gasteiger partial charge in [0.2, 0.25) is 0 Å². The van der Waals surface area contributed by atoms with Crippen LogP contribution >= 0.6 is 0 Å². The minimum absolute atomic E-state index is 0.474. The summed E-state index contributed by atoms with van der Waals surface area (Å²) in [6, 6.07) is 6.35. The fourth-order valence-corrected chi connectivity index (χ4v) is 2.63. The Morgan fingerprint density at radius 1 is 1.36 bits per heavy atom. The van der Waals surface area contributed by atoms with Crippen LogP contribution in [0.1, 0.15) is 24.5 Å². The molecule has 0 aliphatic carbocycles. The number of rotatable bonds is 7. The molecular formula is C17H24N4O. The van der Waals surface area contributed by atoms with Crippen molar-refractivity contribution in [3.05, 3.63) is 29.6 Å². The van der Waals surface area contributed by atoms with E-state index in [0.717, 1.165) is 17.6 Å². The number of likely N-dealkylation sites (N-methyl/N-ethyl adjacent to an activating group) is 1. The van der Waals surface area contributed by atoms with Crippen LogP contribution in [0.25, 0.3) is 11.0 Å². The maximum absolute atomic E-state index is 10.3. The van der Waals surface area contributed by atoms with E-state index in [0.29, 0.717) is 26.1 Å². The summed E-state index contributed by atoms with van der Waals surface area (Å²) in [4.78, 5) is 6.52. The van der Waals surface area contributed by atoms with Gasteiger partial charge in [-0.15, -0.1) is 0 Å². The van der Waals surface area contributed by atoms with Gasteiger partial charge in [-0.3, -0.25) is 4.90 Å². The standard InChI is InChI=1S/C17H24N4O/c1-4-20(7-5-6-18)10-15(22)11-21-12-19-16-8-13(2)14(3)9-17(16)21/h8-9,12,15,22H,4-5,7,10-11H2,1-3H3. The second kappa shape index (κ2) is 7.39. The molecule has 118 valence electrons. The van der Waals surface area contributed by atoms with E-state index in [9.17, 15) is 5.11 Å². The van der Waals surface area contributed by atoms with Crippen molar-refractivity contribution in [1.29, 1.82) is 5.26 Å². The number of aliphatic hydroxyl groups excluding tert-OH is 1. The summed E-state index contributed by atoms with van der Waals surface area (Å²) < 4.78 is 2.00. The summed E-state index contributed by atoms with van der Waals surface area (Å²) >= 11 is 0. The molecule has 22 heavy (non-hydrogen) atoms. The van der Waals surface area contributed by atoms with E-state index < -0.39 is 6.10 Å². The van der Waals surface area contributed by atoms with Crippen molar-refractivity contribution in [2.75, 3.05) is 19.6 Å². The maximum atomic E-state index is 10.3. The molecule has 5 heteroatoms. The van der Waals surface area contributed by atoms with Crippen LogP contribution < -0.4 is 0 Å². The third-order valence-corrected chi connectivity index (χ3v) is 4.10. The van der Waals surface area contributed by atoms with Crippen LogP contribution in [0.3, 0.4) is 0 Å². The lowest BCUT2D eigenvalue weighted by molar-refractivity contribution is 0.102. The SMILES string of the molecule is CCN(CCC#N)CC(O)Cn1cnc2cc(C)c(C)cc21. The fourth-order valence-electron chi connectivity index (χ4n) is 2.63. The number of nitriles is 1. The smallest absolute Gasteiger partial charge is 0.0959 e. The zero-order valence-electron chi connectivity index (χ0n) is 13.6. The number of aryl methyl sites for hydroxylation is 2. The van der Waals surface area contributed by atoms with Crippen molar-refractivity contribution in [2.24, 2.45) is 0 Å². The first kappa shape index (κ1) is 16.5. The van der Waals surface area contributed by atoms with Crippen molar-refractivity contribution in [3.8, 4) is 6.07 Å². The van der Waals surface area contributed by atoms with Crippen molar-refractivity contribution in [3.63, 3.8) is 0 Å². The molecule has 1 atom stereocenters. The van der Waals surface area contributed by atoms with Gasteiger partial charge in [0.15, 0.2) is 0 Å². The number of nitrogens with zero attached hydrogens (tertiary/aromatic N) is 4. The molecule has 1 aromatic carbocycles. The molecule has 0 aliphatic heterocycles. The highest BCUT2D eigenvalue weighted by Crippen LogP contribution is 2.18. The number of hydrogen-bond donors (Lipinski definition) is 1. The molecule has 0 radical (unpaired) electrons. The molecule has 2 rings (SSSR count). The fraction of sp³-hybridized carbons (Fsp3) is 0.529. The highest BCUT2D eigenvalue weighted by atomic mass is 16.3. The van der Waals surface area contributed by atoms with E-state index in [4.69, 9.17) is 5.26 Å². The molecule has 1 unspecified atom stereocenters. The predicted molar refractivity (Wildman–Crippen MR) is 87.6 cm³/mol. The summed E-state index contributed by atoms with van der Waals surface area (Å²) in [5, 5.41) is 19.0. The van der Waals surface area contributed by atoms with Crippen LogP contribution in [0.15, 0.2) is 18.5 Å². The second-order valence-electron chi connectivity index (χ2n) is 5.78. The van der Waals surface area contributed by atoms with Gasteiger partial charge in [0.1, 0.15) is 0 Å². The van der Waals surface area contributed by atoms with Crippen LogP contribution in [-0.4, -0.2) is 45.3 Å². The van der Waals surface area contributed by atoms with E-state index in [1.807, 2.05) is 11.5 Å². The predicted octanol–water partition coefficient (Wildman–Crippen LogP) is 2.25. The first-order valence-electron chi connectivity index (χ1n) is 7.74. The lowest BCUT2D eigenvalue weighted by Crippen LogP contribution is -2.35. The monoisotopic (exact) mass is 300 g/mol.